The number of carbonyl (C=O) groups is 1. The molecule has 7 heteroatoms. The van der Waals surface area contributed by atoms with E-state index in [1.54, 1.807) is 37.8 Å². The van der Waals surface area contributed by atoms with E-state index in [2.05, 4.69) is 15.7 Å². The average Bonchev–Trinajstić information content (AvgIpc) is 2.88. The van der Waals surface area contributed by atoms with Crippen LogP contribution in [0.15, 0.2) is 30.6 Å². The number of aromatic nitrogens is 2. The van der Waals surface area contributed by atoms with Crippen LogP contribution in [0.5, 0.6) is 0 Å². The van der Waals surface area contributed by atoms with Gasteiger partial charge in [-0.2, -0.15) is 5.10 Å². The first-order chi connectivity index (χ1) is 10.3. The topological polar surface area (TPSA) is 79.2 Å². The van der Waals surface area contributed by atoms with Gasteiger partial charge in [0.05, 0.1) is 18.4 Å². The van der Waals surface area contributed by atoms with E-state index in [0.29, 0.717) is 5.56 Å². The molecule has 2 rings (SSSR count). The first kappa shape index (κ1) is 16.0. The van der Waals surface area contributed by atoms with Gasteiger partial charge in [-0.25, -0.2) is 9.18 Å². The monoisotopic (exact) mass is 306 g/mol. The second kappa shape index (κ2) is 6.15. The van der Waals surface area contributed by atoms with Gasteiger partial charge < -0.3 is 15.7 Å². The number of halogens is 1. The highest BCUT2D eigenvalue weighted by atomic mass is 19.1. The fourth-order valence-corrected chi connectivity index (χ4v) is 1.96. The van der Waals surface area contributed by atoms with Crippen molar-refractivity contribution in [2.75, 3.05) is 11.9 Å². The summed E-state index contributed by atoms with van der Waals surface area (Å²) in [5.74, 6) is -0.514. The molecule has 3 N–H and O–H groups in total. The number of hydrogen-bond acceptors (Lipinski definition) is 3. The second-order valence-corrected chi connectivity index (χ2v) is 5.47. The summed E-state index contributed by atoms with van der Waals surface area (Å²) in [5, 5.41) is 19.3. The predicted octanol–water partition coefficient (Wildman–Crippen LogP) is 1.90. The van der Waals surface area contributed by atoms with Crippen LogP contribution in [0.2, 0.25) is 0 Å². The Bertz CT molecular complexity index is 682. The Balaban J connectivity index is 1.96. The number of aliphatic hydroxyl groups is 1. The van der Waals surface area contributed by atoms with E-state index >= 15 is 0 Å². The van der Waals surface area contributed by atoms with Gasteiger partial charge in [0.2, 0.25) is 0 Å². The van der Waals surface area contributed by atoms with Crippen molar-refractivity contribution < 1.29 is 14.3 Å². The molecule has 6 nitrogen and oxygen atoms in total. The van der Waals surface area contributed by atoms with E-state index in [4.69, 9.17) is 0 Å². The summed E-state index contributed by atoms with van der Waals surface area (Å²) >= 11 is 0. The molecule has 0 aliphatic carbocycles. The molecule has 0 saturated heterocycles. The highest BCUT2D eigenvalue weighted by Gasteiger charge is 2.25. The molecule has 0 spiro atoms. The summed E-state index contributed by atoms with van der Waals surface area (Å²) in [6, 6.07) is 3.85. The summed E-state index contributed by atoms with van der Waals surface area (Å²) in [5.41, 5.74) is 0.242. The van der Waals surface area contributed by atoms with Gasteiger partial charge in [0.1, 0.15) is 11.4 Å². The Labute approximate surface area is 128 Å². The molecule has 1 atom stereocenters. The van der Waals surface area contributed by atoms with Crippen molar-refractivity contribution in [3.63, 3.8) is 0 Å². The van der Waals surface area contributed by atoms with Crippen LogP contribution in [-0.4, -0.2) is 27.5 Å². The van der Waals surface area contributed by atoms with Gasteiger partial charge in [-0.3, -0.25) is 4.68 Å². The molecule has 1 aromatic carbocycles. The molecule has 0 fully saturated rings. The van der Waals surface area contributed by atoms with Crippen molar-refractivity contribution in [1.29, 1.82) is 0 Å². The number of benzene rings is 1. The number of nitrogens with zero attached hydrogens (tertiary/aromatic N) is 2. The van der Waals surface area contributed by atoms with Gasteiger partial charge in [0.15, 0.2) is 0 Å². The first-order valence-corrected chi connectivity index (χ1v) is 6.80. The summed E-state index contributed by atoms with van der Waals surface area (Å²) in [7, 11) is 1.74. The van der Waals surface area contributed by atoms with Crippen molar-refractivity contribution in [3.05, 3.63) is 47.5 Å². The van der Waals surface area contributed by atoms with Crippen molar-refractivity contribution in [2.45, 2.75) is 19.4 Å². The molecule has 2 aromatic rings. The normalized spacial score (nSPS) is 13.5. The number of aryl methyl sites for hydroxylation is 2. The van der Waals surface area contributed by atoms with Crippen LogP contribution < -0.4 is 10.6 Å². The zero-order valence-electron chi connectivity index (χ0n) is 12.7. The van der Waals surface area contributed by atoms with Crippen molar-refractivity contribution in [2.24, 2.45) is 7.05 Å². The van der Waals surface area contributed by atoms with Crippen LogP contribution in [-0.2, 0) is 12.6 Å². The van der Waals surface area contributed by atoms with Crippen molar-refractivity contribution in [1.82, 2.24) is 15.1 Å². The van der Waals surface area contributed by atoms with Crippen LogP contribution in [0.4, 0.5) is 14.9 Å². The Morgan fingerprint density at radius 3 is 2.86 bits per heavy atom. The van der Waals surface area contributed by atoms with Gasteiger partial charge >= 0.3 is 6.03 Å². The van der Waals surface area contributed by atoms with Crippen LogP contribution in [0.1, 0.15) is 18.1 Å². The van der Waals surface area contributed by atoms with E-state index in [1.807, 2.05) is 0 Å². The lowest BCUT2D eigenvalue weighted by Crippen LogP contribution is -2.40. The Hall–Kier alpha value is -2.41. The number of urea groups is 1. The van der Waals surface area contributed by atoms with Crippen LogP contribution in [0.3, 0.4) is 0 Å². The number of hydrogen-bond donors (Lipinski definition) is 3. The van der Waals surface area contributed by atoms with Gasteiger partial charge in [0.25, 0.3) is 0 Å². The molecule has 2 amide bonds. The molecular weight excluding hydrogens is 287 g/mol. The molecular formula is C15H19FN4O2. The molecule has 22 heavy (non-hydrogen) atoms. The highest BCUT2D eigenvalue weighted by molar-refractivity contribution is 5.89. The summed E-state index contributed by atoms with van der Waals surface area (Å²) in [6.45, 7) is 3.34. The number of amides is 2. The molecule has 1 aromatic heterocycles. The standard InChI is InChI=1S/C15H19FN4O2/c1-10-4-5-12(16)13(6-10)19-14(21)17-9-15(2,22)11-7-18-20(3)8-11/h4-8,22H,9H2,1-3H3,(H2,17,19,21). The number of carbonyl (C=O) groups excluding carboxylic acids is 1. The first-order valence-electron chi connectivity index (χ1n) is 6.80. The minimum atomic E-state index is -1.27. The summed E-state index contributed by atoms with van der Waals surface area (Å²) < 4.78 is 15.1. The maximum atomic E-state index is 13.6. The molecule has 1 heterocycles. The third-order valence-electron chi connectivity index (χ3n) is 3.29. The maximum Gasteiger partial charge on any atom is 0.319 e. The van der Waals surface area contributed by atoms with Gasteiger partial charge in [-0.15, -0.1) is 0 Å². The molecule has 1 unspecified atom stereocenters. The number of rotatable bonds is 4. The highest BCUT2D eigenvalue weighted by Crippen LogP contribution is 2.19. The Morgan fingerprint density at radius 2 is 2.23 bits per heavy atom. The lowest BCUT2D eigenvalue weighted by atomic mass is 10.00. The fourth-order valence-electron chi connectivity index (χ4n) is 1.96. The van der Waals surface area contributed by atoms with Crippen LogP contribution >= 0.6 is 0 Å². The van der Waals surface area contributed by atoms with Gasteiger partial charge in [0, 0.05) is 18.8 Å². The van der Waals surface area contributed by atoms with Crippen molar-refractivity contribution in [3.8, 4) is 0 Å². The third-order valence-corrected chi connectivity index (χ3v) is 3.29. The van der Waals surface area contributed by atoms with E-state index in [1.165, 1.54) is 18.3 Å². The average molecular weight is 306 g/mol. The largest absolute Gasteiger partial charge is 0.383 e. The minimum absolute atomic E-state index is 0.0298. The lowest BCUT2D eigenvalue weighted by Gasteiger charge is -2.22. The number of nitrogens with one attached hydrogen (secondary N) is 2. The van der Waals surface area contributed by atoms with Gasteiger partial charge in [-0.05, 0) is 31.5 Å². The van der Waals surface area contributed by atoms with E-state index in [0.717, 1.165) is 5.56 Å². The molecule has 0 bridgehead atoms. The molecule has 0 aliphatic rings. The Kier molecular flexibility index (Phi) is 4.46. The summed E-state index contributed by atoms with van der Waals surface area (Å²) in [6.07, 6.45) is 3.19. The SMILES string of the molecule is Cc1ccc(F)c(NC(=O)NCC(C)(O)c2cnn(C)c2)c1. The fraction of sp³-hybridized carbons (Fsp3) is 0.333. The predicted molar refractivity (Wildman–Crippen MR) is 80.9 cm³/mol. The van der Waals surface area contributed by atoms with Crippen LogP contribution in [0, 0.1) is 12.7 Å². The van der Waals surface area contributed by atoms with Crippen molar-refractivity contribution >= 4 is 11.7 Å². The molecule has 118 valence electrons. The zero-order valence-corrected chi connectivity index (χ0v) is 12.7. The molecule has 0 saturated carbocycles. The van der Waals surface area contributed by atoms with Crippen LogP contribution in [0.25, 0.3) is 0 Å². The maximum absolute atomic E-state index is 13.6. The van der Waals surface area contributed by atoms with E-state index in [9.17, 15) is 14.3 Å². The molecule has 0 aliphatic heterocycles. The Morgan fingerprint density at radius 1 is 1.50 bits per heavy atom. The van der Waals surface area contributed by atoms with E-state index < -0.39 is 17.4 Å². The third kappa shape index (κ3) is 3.82. The van der Waals surface area contributed by atoms with Gasteiger partial charge in [-0.1, -0.05) is 6.07 Å². The summed E-state index contributed by atoms with van der Waals surface area (Å²) in [4.78, 5) is 11.8. The zero-order chi connectivity index (χ0) is 16.3. The smallest absolute Gasteiger partial charge is 0.319 e. The minimum Gasteiger partial charge on any atom is -0.383 e. The second-order valence-electron chi connectivity index (χ2n) is 5.47. The molecule has 0 radical (unpaired) electrons. The quantitative estimate of drug-likeness (QED) is 0.807. The number of anilines is 1. The van der Waals surface area contributed by atoms with E-state index in [-0.39, 0.29) is 12.2 Å². The lowest BCUT2D eigenvalue weighted by molar-refractivity contribution is 0.0599.